The average molecular weight is 297 g/mol. The monoisotopic (exact) mass is 296 g/mol. The number of hydrogen-bond donors (Lipinski definition) is 0. The summed E-state index contributed by atoms with van der Waals surface area (Å²) in [5, 5.41) is 0.150. The van der Waals surface area contributed by atoms with Gasteiger partial charge in [0.1, 0.15) is 5.75 Å². The normalized spacial score (nSPS) is 24.1. The minimum Gasteiger partial charge on any atom is -0.482 e. The fraction of sp³-hybridized carbons (Fsp3) is 0.538. The summed E-state index contributed by atoms with van der Waals surface area (Å²) in [7, 11) is 0. The summed E-state index contributed by atoms with van der Waals surface area (Å²) >= 11 is 5.91. The van der Waals surface area contributed by atoms with Crippen molar-refractivity contribution in [2.75, 3.05) is 0 Å². The van der Waals surface area contributed by atoms with Gasteiger partial charge in [0.05, 0.1) is 11.4 Å². The number of rotatable bonds is 3. The third-order valence-electron chi connectivity index (χ3n) is 3.23. The first-order valence-electron chi connectivity index (χ1n) is 5.87. The molecule has 1 aliphatic rings. The van der Waals surface area contributed by atoms with Gasteiger partial charge in [-0.1, -0.05) is 31.5 Å². The largest absolute Gasteiger partial charge is 0.482 e. The third-order valence-corrected chi connectivity index (χ3v) is 3.52. The van der Waals surface area contributed by atoms with Crippen LogP contribution in [0.1, 0.15) is 31.7 Å². The van der Waals surface area contributed by atoms with Crippen LogP contribution in [-0.4, -0.2) is 17.9 Å². The Morgan fingerprint density at radius 1 is 1.26 bits per heavy atom. The first-order chi connectivity index (χ1) is 8.65. The number of alkyl halides is 4. The van der Waals surface area contributed by atoms with Gasteiger partial charge in [0.2, 0.25) is 0 Å². The standard InChI is InChI=1S/C13H13ClF4O/c1-7(2)8-3-4-10(9(14)5-8)19-11-6-12(15,16)13(11,17)18/h3-5,7,11H,6H2,1-2H3. The molecular weight excluding hydrogens is 284 g/mol. The van der Waals surface area contributed by atoms with Crippen molar-refractivity contribution < 1.29 is 22.3 Å². The van der Waals surface area contributed by atoms with E-state index in [9.17, 15) is 17.6 Å². The molecule has 0 radical (unpaired) electrons. The van der Waals surface area contributed by atoms with Gasteiger partial charge in [0.15, 0.2) is 6.10 Å². The van der Waals surface area contributed by atoms with E-state index in [0.29, 0.717) is 0 Å². The highest BCUT2D eigenvalue weighted by Gasteiger charge is 2.73. The van der Waals surface area contributed by atoms with Crippen LogP contribution in [0.15, 0.2) is 18.2 Å². The highest BCUT2D eigenvalue weighted by Crippen LogP contribution is 2.52. The number of ether oxygens (including phenoxy) is 1. The van der Waals surface area contributed by atoms with E-state index in [2.05, 4.69) is 0 Å². The van der Waals surface area contributed by atoms with Gasteiger partial charge in [0, 0.05) is 0 Å². The van der Waals surface area contributed by atoms with Crippen molar-refractivity contribution in [1.82, 2.24) is 0 Å². The maximum atomic E-state index is 13.1. The molecular formula is C13H13ClF4O. The van der Waals surface area contributed by atoms with Crippen LogP contribution in [0.2, 0.25) is 5.02 Å². The van der Waals surface area contributed by atoms with Crippen molar-refractivity contribution in [2.45, 2.75) is 44.1 Å². The van der Waals surface area contributed by atoms with Crippen molar-refractivity contribution in [3.63, 3.8) is 0 Å². The Balaban J connectivity index is 2.14. The van der Waals surface area contributed by atoms with Crippen LogP contribution in [0.25, 0.3) is 0 Å². The van der Waals surface area contributed by atoms with Crippen molar-refractivity contribution in [1.29, 1.82) is 0 Å². The molecule has 1 nitrogen and oxygen atoms in total. The fourth-order valence-electron chi connectivity index (χ4n) is 1.84. The lowest BCUT2D eigenvalue weighted by Gasteiger charge is -2.43. The molecule has 1 fully saturated rings. The van der Waals surface area contributed by atoms with Gasteiger partial charge in [0.25, 0.3) is 0 Å². The van der Waals surface area contributed by atoms with Crippen molar-refractivity contribution >= 4 is 11.6 Å². The van der Waals surface area contributed by atoms with Crippen LogP contribution in [0.3, 0.4) is 0 Å². The van der Waals surface area contributed by atoms with E-state index in [4.69, 9.17) is 16.3 Å². The summed E-state index contributed by atoms with van der Waals surface area (Å²) < 4.78 is 56.4. The minimum absolute atomic E-state index is 0.00578. The fourth-order valence-corrected chi connectivity index (χ4v) is 2.08. The second kappa shape index (κ2) is 4.54. The smallest absolute Gasteiger partial charge is 0.346 e. The van der Waals surface area contributed by atoms with E-state index in [1.54, 1.807) is 12.1 Å². The Morgan fingerprint density at radius 3 is 2.32 bits per heavy atom. The summed E-state index contributed by atoms with van der Waals surface area (Å²) in [5.41, 5.74) is 0.919. The Kier molecular flexibility index (Phi) is 3.45. The van der Waals surface area contributed by atoms with E-state index in [1.807, 2.05) is 13.8 Å². The molecule has 0 amide bonds. The Labute approximate surface area is 113 Å². The van der Waals surface area contributed by atoms with Gasteiger partial charge in [-0.15, -0.1) is 0 Å². The summed E-state index contributed by atoms with van der Waals surface area (Å²) in [6.07, 6.45) is -2.83. The molecule has 1 saturated carbocycles. The van der Waals surface area contributed by atoms with Crippen LogP contribution < -0.4 is 4.74 Å². The van der Waals surface area contributed by atoms with Crippen molar-refractivity contribution in [3.8, 4) is 5.75 Å². The first-order valence-corrected chi connectivity index (χ1v) is 6.24. The zero-order valence-corrected chi connectivity index (χ0v) is 11.1. The highest BCUT2D eigenvalue weighted by atomic mass is 35.5. The van der Waals surface area contributed by atoms with E-state index >= 15 is 0 Å². The summed E-state index contributed by atoms with van der Waals surface area (Å²) in [4.78, 5) is 0. The Bertz CT molecular complexity index is 488. The van der Waals surface area contributed by atoms with Gasteiger partial charge in [-0.3, -0.25) is 0 Å². The molecule has 1 atom stereocenters. The molecule has 0 aromatic heterocycles. The molecule has 19 heavy (non-hydrogen) atoms. The molecule has 1 aromatic carbocycles. The van der Waals surface area contributed by atoms with Crippen molar-refractivity contribution in [2.24, 2.45) is 0 Å². The molecule has 0 bridgehead atoms. The van der Waals surface area contributed by atoms with Gasteiger partial charge in [-0.05, 0) is 23.6 Å². The molecule has 0 heterocycles. The van der Waals surface area contributed by atoms with Gasteiger partial charge in [-0.25, -0.2) is 0 Å². The SMILES string of the molecule is CC(C)c1ccc(OC2CC(F)(F)C2(F)F)c(Cl)c1. The lowest BCUT2D eigenvalue weighted by molar-refractivity contribution is -0.324. The zero-order chi connectivity index (χ0) is 14.4. The van der Waals surface area contributed by atoms with Crippen LogP contribution >= 0.6 is 11.6 Å². The molecule has 106 valence electrons. The van der Waals surface area contributed by atoms with Crippen LogP contribution in [0, 0.1) is 0 Å². The predicted molar refractivity (Wildman–Crippen MR) is 64.5 cm³/mol. The van der Waals surface area contributed by atoms with E-state index in [1.165, 1.54) is 6.07 Å². The Hall–Kier alpha value is -0.970. The van der Waals surface area contributed by atoms with Crippen LogP contribution in [0.4, 0.5) is 17.6 Å². The third kappa shape index (κ3) is 2.40. The molecule has 1 aromatic rings. The van der Waals surface area contributed by atoms with Gasteiger partial charge >= 0.3 is 11.8 Å². The Morgan fingerprint density at radius 2 is 1.89 bits per heavy atom. The summed E-state index contributed by atoms with van der Waals surface area (Å²) in [5.74, 6) is -7.91. The average Bonchev–Trinajstić information content (AvgIpc) is 2.30. The lowest BCUT2D eigenvalue weighted by atomic mass is 9.85. The molecule has 0 spiro atoms. The number of benzene rings is 1. The highest BCUT2D eigenvalue weighted by molar-refractivity contribution is 6.32. The zero-order valence-electron chi connectivity index (χ0n) is 10.4. The quantitative estimate of drug-likeness (QED) is 0.722. The van der Waals surface area contributed by atoms with Crippen LogP contribution in [-0.2, 0) is 0 Å². The lowest BCUT2D eigenvalue weighted by Crippen LogP contribution is -2.64. The summed E-state index contributed by atoms with van der Waals surface area (Å²) in [6, 6.07) is 4.71. The molecule has 1 unspecified atom stereocenters. The minimum atomic E-state index is -4.15. The number of halogens is 5. The van der Waals surface area contributed by atoms with Gasteiger partial charge in [-0.2, -0.15) is 17.6 Å². The van der Waals surface area contributed by atoms with E-state index in [0.717, 1.165) is 5.56 Å². The summed E-state index contributed by atoms with van der Waals surface area (Å²) in [6.45, 7) is 3.90. The van der Waals surface area contributed by atoms with E-state index < -0.39 is 24.4 Å². The van der Waals surface area contributed by atoms with Crippen molar-refractivity contribution in [3.05, 3.63) is 28.8 Å². The molecule has 0 aliphatic heterocycles. The molecule has 0 N–H and O–H groups in total. The maximum absolute atomic E-state index is 13.1. The topological polar surface area (TPSA) is 9.23 Å². The van der Waals surface area contributed by atoms with Gasteiger partial charge < -0.3 is 4.74 Å². The predicted octanol–water partition coefficient (Wildman–Crippen LogP) is 4.89. The number of hydrogen-bond acceptors (Lipinski definition) is 1. The molecule has 0 saturated heterocycles. The second-order valence-electron chi connectivity index (χ2n) is 4.98. The molecule has 2 rings (SSSR count). The molecule has 6 heteroatoms. The second-order valence-corrected chi connectivity index (χ2v) is 5.39. The van der Waals surface area contributed by atoms with Crippen LogP contribution in [0.5, 0.6) is 5.75 Å². The maximum Gasteiger partial charge on any atom is 0.346 e. The first kappa shape index (κ1) is 14.4. The molecule has 1 aliphatic carbocycles. The van der Waals surface area contributed by atoms with E-state index in [-0.39, 0.29) is 16.7 Å².